The summed E-state index contributed by atoms with van der Waals surface area (Å²) < 4.78 is 1.50. The monoisotopic (exact) mass is 330 g/mol. The Balaban J connectivity index is 2.99. The van der Waals surface area contributed by atoms with Gasteiger partial charge in [0.25, 0.3) is 5.56 Å². The van der Waals surface area contributed by atoms with E-state index < -0.39 is 0 Å². The molecule has 0 saturated heterocycles. The van der Waals surface area contributed by atoms with Crippen LogP contribution in [0, 0.1) is 13.8 Å². The van der Waals surface area contributed by atoms with Gasteiger partial charge in [0.15, 0.2) is 0 Å². The molecule has 0 fully saturated rings. The van der Waals surface area contributed by atoms with Gasteiger partial charge < -0.3 is 4.98 Å². The minimum atomic E-state index is -0.156. The Morgan fingerprint density at radius 2 is 2.00 bits per heavy atom. The molecule has 2 rings (SSSR count). The molecule has 0 aliphatic rings. The van der Waals surface area contributed by atoms with Crippen LogP contribution in [-0.2, 0) is 0 Å². The third-order valence-electron chi connectivity index (χ3n) is 2.31. The molecule has 0 unspecified atom stereocenters. The smallest absolute Gasteiger partial charge is 0.263 e. The van der Waals surface area contributed by atoms with Crippen LogP contribution in [0.2, 0.25) is 0 Å². The predicted molar refractivity (Wildman–Crippen MR) is 67.2 cm³/mol. The topological polar surface area (TPSA) is 45.8 Å². The number of aromatic amines is 1. The quantitative estimate of drug-likeness (QED) is 0.806. The molecule has 1 N–H and O–H groups in total. The number of aromatic nitrogens is 2. The summed E-state index contributed by atoms with van der Waals surface area (Å²) in [6.07, 6.45) is 0. The minimum Gasteiger partial charge on any atom is -0.306 e. The number of halogens is 2. The average Bonchev–Trinajstić information content (AvgIpc) is 2.19. The lowest BCUT2D eigenvalue weighted by molar-refractivity contribution is 1.14. The van der Waals surface area contributed by atoms with Gasteiger partial charge in [-0.3, -0.25) is 4.79 Å². The maximum Gasteiger partial charge on any atom is 0.263 e. The Labute approximate surface area is 103 Å². The second-order valence-electron chi connectivity index (χ2n) is 3.34. The van der Waals surface area contributed by atoms with Crippen molar-refractivity contribution in [2.45, 2.75) is 13.8 Å². The van der Waals surface area contributed by atoms with E-state index in [0.717, 1.165) is 21.1 Å². The number of H-pyrrole nitrogens is 1. The number of rotatable bonds is 0. The van der Waals surface area contributed by atoms with Crippen LogP contribution in [0.1, 0.15) is 11.3 Å². The molecule has 3 nitrogen and oxygen atoms in total. The summed E-state index contributed by atoms with van der Waals surface area (Å²) in [5.74, 6) is 0. The van der Waals surface area contributed by atoms with Gasteiger partial charge in [-0.2, -0.15) is 0 Å². The molecule has 0 aliphatic heterocycles. The largest absolute Gasteiger partial charge is 0.306 e. The van der Waals surface area contributed by atoms with Crippen LogP contribution in [0.4, 0.5) is 0 Å². The molecular weight excluding hydrogens is 324 g/mol. The molecule has 0 atom stereocenters. The van der Waals surface area contributed by atoms with Crippen molar-refractivity contribution in [2.24, 2.45) is 0 Å². The first-order chi connectivity index (χ1) is 7.00. The summed E-state index contributed by atoms with van der Waals surface area (Å²) in [6.45, 7) is 3.89. The highest BCUT2D eigenvalue weighted by Gasteiger charge is 2.08. The molecule has 2 aromatic rings. The van der Waals surface area contributed by atoms with Gasteiger partial charge in [-0.1, -0.05) is 0 Å². The SMILES string of the molecule is Cc1nc2[nH]c(=O)c(Br)cc2c(C)c1Br. The fourth-order valence-electron chi connectivity index (χ4n) is 1.48. The number of fused-ring (bicyclic) bond motifs is 1. The summed E-state index contributed by atoms with van der Waals surface area (Å²) in [5.41, 5.74) is 2.42. The molecule has 2 heterocycles. The Bertz CT molecular complexity index is 604. The number of hydrogen-bond acceptors (Lipinski definition) is 2. The molecule has 0 radical (unpaired) electrons. The van der Waals surface area contributed by atoms with E-state index in [9.17, 15) is 4.79 Å². The van der Waals surface area contributed by atoms with Crippen molar-refractivity contribution in [3.63, 3.8) is 0 Å². The maximum absolute atomic E-state index is 11.4. The molecule has 5 heteroatoms. The van der Waals surface area contributed by atoms with E-state index in [1.165, 1.54) is 0 Å². The van der Waals surface area contributed by atoms with E-state index in [2.05, 4.69) is 41.8 Å². The molecule has 0 spiro atoms. The predicted octanol–water partition coefficient (Wildman–Crippen LogP) is 3.06. The second-order valence-corrected chi connectivity index (χ2v) is 4.99. The van der Waals surface area contributed by atoms with Crippen LogP contribution in [0.25, 0.3) is 11.0 Å². The summed E-state index contributed by atoms with van der Waals surface area (Å²) in [4.78, 5) is 18.4. The maximum atomic E-state index is 11.4. The van der Waals surface area contributed by atoms with Crippen LogP contribution < -0.4 is 5.56 Å². The van der Waals surface area contributed by atoms with Gasteiger partial charge >= 0.3 is 0 Å². The fraction of sp³-hybridized carbons (Fsp3) is 0.200. The Hall–Kier alpha value is -0.680. The molecule has 15 heavy (non-hydrogen) atoms. The van der Waals surface area contributed by atoms with Crippen molar-refractivity contribution in [3.8, 4) is 0 Å². The number of pyridine rings is 2. The zero-order chi connectivity index (χ0) is 11.2. The van der Waals surface area contributed by atoms with E-state index >= 15 is 0 Å². The number of aryl methyl sites for hydroxylation is 2. The molecule has 0 saturated carbocycles. The van der Waals surface area contributed by atoms with Crippen molar-refractivity contribution in [1.29, 1.82) is 0 Å². The Morgan fingerprint density at radius 1 is 1.33 bits per heavy atom. The highest BCUT2D eigenvalue weighted by Crippen LogP contribution is 2.26. The van der Waals surface area contributed by atoms with Crippen molar-refractivity contribution >= 4 is 42.9 Å². The van der Waals surface area contributed by atoms with Gasteiger partial charge in [-0.15, -0.1) is 0 Å². The number of hydrogen-bond donors (Lipinski definition) is 1. The van der Waals surface area contributed by atoms with E-state index in [-0.39, 0.29) is 5.56 Å². The Morgan fingerprint density at radius 3 is 2.67 bits per heavy atom. The normalized spacial score (nSPS) is 10.9. The van der Waals surface area contributed by atoms with Gasteiger partial charge in [-0.25, -0.2) is 4.98 Å². The lowest BCUT2D eigenvalue weighted by Gasteiger charge is -2.06. The van der Waals surface area contributed by atoms with E-state index in [0.29, 0.717) is 10.1 Å². The van der Waals surface area contributed by atoms with Crippen LogP contribution in [-0.4, -0.2) is 9.97 Å². The first-order valence-electron chi connectivity index (χ1n) is 4.36. The van der Waals surface area contributed by atoms with Crippen LogP contribution >= 0.6 is 31.9 Å². The zero-order valence-electron chi connectivity index (χ0n) is 8.19. The average molecular weight is 332 g/mol. The van der Waals surface area contributed by atoms with Crippen LogP contribution in [0.5, 0.6) is 0 Å². The summed E-state index contributed by atoms with van der Waals surface area (Å²) in [7, 11) is 0. The van der Waals surface area contributed by atoms with Gasteiger partial charge in [0.05, 0.1) is 10.2 Å². The first kappa shape index (κ1) is 10.8. The minimum absolute atomic E-state index is 0.156. The number of nitrogens with zero attached hydrogens (tertiary/aromatic N) is 1. The molecule has 0 bridgehead atoms. The lowest BCUT2D eigenvalue weighted by atomic mass is 10.1. The molecule has 2 aromatic heterocycles. The lowest BCUT2D eigenvalue weighted by Crippen LogP contribution is -2.08. The van der Waals surface area contributed by atoms with Crippen molar-refractivity contribution in [1.82, 2.24) is 9.97 Å². The molecule has 0 aromatic carbocycles. The summed E-state index contributed by atoms with van der Waals surface area (Å²) in [5, 5.41) is 0.943. The Kier molecular flexibility index (Phi) is 2.68. The van der Waals surface area contributed by atoms with Gasteiger partial charge in [-0.05, 0) is 57.3 Å². The highest BCUT2D eigenvalue weighted by atomic mass is 79.9. The van der Waals surface area contributed by atoms with Gasteiger partial charge in [0.2, 0.25) is 0 Å². The fourth-order valence-corrected chi connectivity index (χ4v) is 2.11. The zero-order valence-corrected chi connectivity index (χ0v) is 11.4. The van der Waals surface area contributed by atoms with E-state index in [4.69, 9.17) is 0 Å². The second kappa shape index (κ2) is 3.72. The summed E-state index contributed by atoms with van der Waals surface area (Å²) in [6, 6.07) is 1.79. The van der Waals surface area contributed by atoms with E-state index in [1.807, 2.05) is 13.8 Å². The third kappa shape index (κ3) is 1.74. The molecule has 0 amide bonds. The highest BCUT2D eigenvalue weighted by molar-refractivity contribution is 9.10. The first-order valence-corrected chi connectivity index (χ1v) is 5.94. The summed E-state index contributed by atoms with van der Waals surface area (Å²) >= 11 is 6.68. The van der Waals surface area contributed by atoms with Crippen molar-refractivity contribution in [3.05, 3.63) is 36.6 Å². The standard InChI is InChI=1S/C10H8Br2N2O/c1-4-6-3-7(11)10(15)14-9(6)13-5(2)8(4)12/h3H,1-2H3,(H,13,14,15). The van der Waals surface area contributed by atoms with Crippen LogP contribution in [0.15, 0.2) is 19.8 Å². The third-order valence-corrected chi connectivity index (χ3v) is 4.06. The molecule has 0 aliphatic carbocycles. The van der Waals surface area contributed by atoms with Crippen molar-refractivity contribution < 1.29 is 0 Å². The van der Waals surface area contributed by atoms with Crippen molar-refractivity contribution in [2.75, 3.05) is 0 Å². The molecule has 78 valence electrons. The number of nitrogens with one attached hydrogen (secondary N) is 1. The van der Waals surface area contributed by atoms with Gasteiger partial charge in [0.1, 0.15) is 5.65 Å². The van der Waals surface area contributed by atoms with Crippen LogP contribution in [0.3, 0.4) is 0 Å². The van der Waals surface area contributed by atoms with Gasteiger partial charge in [0, 0.05) is 9.86 Å². The molecular formula is C10H8Br2N2O. The van der Waals surface area contributed by atoms with E-state index in [1.54, 1.807) is 6.07 Å².